The highest BCUT2D eigenvalue weighted by Gasteiger charge is 2.14. The lowest BCUT2D eigenvalue weighted by atomic mass is 10.1. The molecule has 1 rings (SSSR count). The zero-order valence-electron chi connectivity index (χ0n) is 11.8. The Morgan fingerprint density at radius 1 is 1.29 bits per heavy atom. The highest BCUT2D eigenvalue weighted by Crippen LogP contribution is 2.20. The molecular formula is C14H18Cl2N2O3. The standard InChI is InChI=1S/C14H18Cl2N2O3/c1-8(2)5-12(19)18-13(20)7-17-14(21)10-6-9(15)3-4-11(10)16/h3-4,6,8,12,19H,5,7H2,1-2H3,(H,17,21)(H,18,20)/t12-/m0/s1. The van der Waals surface area contributed by atoms with E-state index in [2.05, 4.69) is 10.6 Å². The van der Waals surface area contributed by atoms with Gasteiger partial charge in [-0.05, 0) is 30.5 Å². The lowest BCUT2D eigenvalue weighted by molar-refractivity contribution is -0.123. The molecule has 0 fully saturated rings. The Morgan fingerprint density at radius 3 is 2.57 bits per heavy atom. The first-order valence-corrected chi connectivity index (χ1v) is 7.26. The third-order valence-electron chi connectivity index (χ3n) is 2.60. The molecule has 2 amide bonds. The van der Waals surface area contributed by atoms with Crippen LogP contribution < -0.4 is 10.6 Å². The summed E-state index contributed by atoms with van der Waals surface area (Å²) in [5.74, 6) is -0.731. The number of rotatable bonds is 6. The number of hydrogen-bond donors (Lipinski definition) is 3. The highest BCUT2D eigenvalue weighted by atomic mass is 35.5. The van der Waals surface area contributed by atoms with E-state index in [9.17, 15) is 14.7 Å². The summed E-state index contributed by atoms with van der Waals surface area (Å²) in [4.78, 5) is 23.5. The SMILES string of the molecule is CC(C)C[C@H](O)NC(=O)CNC(=O)c1cc(Cl)ccc1Cl. The van der Waals surface area contributed by atoms with Crippen LogP contribution in [0, 0.1) is 5.92 Å². The van der Waals surface area contributed by atoms with Crippen LogP contribution in [0.1, 0.15) is 30.6 Å². The van der Waals surface area contributed by atoms with E-state index in [4.69, 9.17) is 23.2 Å². The molecular weight excluding hydrogens is 315 g/mol. The van der Waals surface area contributed by atoms with Crippen molar-refractivity contribution in [1.82, 2.24) is 10.6 Å². The molecule has 116 valence electrons. The Hall–Kier alpha value is -1.30. The molecule has 1 atom stereocenters. The molecule has 0 aliphatic carbocycles. The van der Waals surface area contributed by atoms with Gasteiger partial charge in [0.05, 0.1) is 17.1 Å². The average molecular weight is 333 g/mol. The molecule has 0 heterocycles. The van der Waals surface area contributed by atoms with Crippen molar-refractivity contribution in [1.29, 1.82) is 0 Å². The molecule has 1 aromatic rings. The van der Waals surface area contributed by atoms with E-state index in [-0.39, 0.29) is 23.0 Å². The Balaban J connectivity index is 2.49. The normalized spacial score (nSPS) is 12.1. The molecule has 0 unspecified atom stereocenters. The number of aliphatic hydroxyl groups is 1. The van der Waals surface area contributed by atoms with Gasteiger partial charge in [-0.15, -0.1) is 0 Å². The minimum atomic E-state index is -0.927. The molecule has 0 aliphatic rings. The van der Waals surface area contributed by atoms with Crippen LogP contribution in [-0.4, -0.2) is 29.7 Å². The maximum absolute atomic E-state index is 11.9. The van der Waals surface area contributed by atoms with Gasteiger partial charge in [0.15, 0.2) is 0 Å². The number of carbonyl (C=O) groups is 2. The van der Waals surface area contributed by atoms with E-state index in [1.807, 2.05) is 13.8 Å². The van der Waals surface area contributed by atoms with Gasteiger partial charge in [0.2, 0.25) is 5.91 Å². The van der Waals surface area contributed by atoms with Gasteiger partial charge in [0.25, 0.3) is 5.91 Å². The fraction of sp³-hybridized carbons (Fsp3) is 0.429. The van der Waals surface area contributed by atoms with E-state index in [1.165, 1.54) is 12.1 Å². The van der Waals surface area contributed by atoms with Crippen molar-refractivity contribution in [2.24, 2.45) is 5.92 Å². The van der Waals surface area contributed by atoms with Crippen LogP contribution in [0.2, 0.25) is 10.0 Å². The number of carbonyl (C=O) groups excluding carboxylic acids is 2. The molecule has 5 nitrogen and oxygen atoms in total. The van der Waals surface area contributed by atoms with Gasteiger partial charge >= 0.3 is 0 Å². The van der Waals surface area contributed by atoms with Crippen LogP contribution in [0.4, 0.5) is 0 Å². The maximum atomic E-state index is 11.9. The van der Waals surface area contributed by atoms with Gasteiger partial charge in [-0.1, -0.05) is 37.0 Å². The van der Waals surface area contributed by atoms with Crippen molar-refractivity contribution in [2.45, 2.75) is 26.5 Å². The molecule has 1 aromatic carbocycles. The van der Waals surface area contributed by atoms with Gasteiger partial charge in [0, 0.05) is 5.02 Å². The van der Waals surface area contributed by atoms with Crippen molar-refractivity contribution in [3.05, 3.63) is 33.8 Å². The highest BCUT2D eigenvalue weighted by molar-refractivity contribution is 6.35. The summed E-state index contributed by atoms with van der Waals surface area (Å²) < 4.78 is 0. The fourth-order valence-electron chi connectivity index (χ4n) is 1.67. The van der Waals surface area contributed by atoms with Gasteiger partial charge in [-0.25, -0.2) is 0 Å². The predicted octanol–water partition coefficient (Wildman–Crippen LogP) is 2.20. The summed E-state index contributed by atoms with van der Waals surface area (Å²) in [5, 5.41) is 15.0. The Bertz CT molecular complexity index is 521. The fourth-order valence-corrected chi connectivity index (χ4v) is 2.05. The summed E-state index contributed by atoms with van der Waals surface area (Å²) in [5.41, 5.74) is 0.194. The van der Waals surface area contributed by atoms with Gasteiger partial charge < -0.3 is 15.7 Å². The van der Waals surface area contributed by atoms with Gasteiger partial charge in [-0.2, -0.15) is 0 Å². The largest absolute Gasteiger partial charge is 0.374 e. The number of amides is 2. The number of nitrogens with one attached hydrogen (secondary N) is 2. The zero-order valence-corrected chi connectivity index (χ0v) is 13.3. The quantitative estimate of drug-likeness (QED) is 0.699. The lowest BCUT2D eigenvalue weighted by Gasteiger charge is -2.15. The average Bonchev–Trinajstić information content (AvgIpc) is 2.37. The van der Waals surface area contributed by atoms with Crippen molar-refractivity contribution in [3.8, 4) is 0 Å². The number of aliphatic hydroxyl groups excluding tert-OH is 1. The number of benzene rings is 1. The Morgan fingerprint density at radius 2 is 1.95 bits per heavy atom. The smallest absolute Gasteiger partial charge is 0.253 e. The molecule has 0 bridgehead atoms. The molecule has 0 radical (unpaired) electrons. The first kappa shape index (κ1) is 17.8. The van der Waals surface area contributed by atoms with E-state index < -0.39 is 18.0 Å². The van der Waals surface area contributed by atoms with Crippen LogP contribution in [0.5, 0.6) is 0 Å². The predicted molar refractivity (Wildman–Crippen MR) is 82.4 cm³/mol. The minimum Gasteiger partial charge on any atom is -0.374 e. The molecule has 0 aromatic heterocycles. The molecule has 0 aliphatic heterocycles. The summed E-state index contributed by atoms with van der Waals surface area (Å²) in [6.45, 7) is 3.60. The Labute approximate surface area is 133 Å². The van der Waals surface area contributed by atoms with Crippen LogP contribution in [0.3, 0.4) is 0 Å². The minimum absolute atomic E-state index is 0.194. The lowest BCUT2D eigenvalue weighted by Crippen LogP contribution is -2.42. The van der Waals surface area contributed by atoms with Crippen molar-refractivity contribution in [3.63, 3.8) is 0 Å². The summed E-state index contributed by atoms with van der Waals surface area (Å²) in [7, 11) is 0. The maximum Gasteiger partial charge on any atom is 0.253 e. The molecule has 7 heteroatoms. The monoisotopic (exact) mass is 332 g/mol. The van der Waals surface area contributed by atoms with Crippen molar-refractivity contribution in [2.75, 3.05) is 6.54 Å². The summed E-state index contributed by atoms with van der Waals surface area (Å²) in [6.07, 6.45) is -0.482. The van der Waals surface area contributed by atoms with Crippen LogP contribution in [-0.2, 0) is 4.79 Å². The van der Waals surface area contributed by atoms with E-state index in [1.54, 1.807) is 6.07 Å². The molecule has 0 spiro atoms. The summed E-state index contributed by atoms with van der Waals surface area (Å²) in [6, 6.07) is 4.49. The molecule has 3 N–H and O–H groups in total. The molecule has 21 heavy (non-hydrogen) atoms. The van der Waals surface area contributed by atoms with Crippen molar-refractivity contribution < 1.29 is 14.7 Å². The van der Waals surface area contributed by atoms with Crippen molar-refractivity contribution >= 4 is 35.0 Å². The first-order chi connectivity index (χ1) is 9.79. The van der Waals surface area contributed by atoms with E-state index >= 15 is 0 Å². The third-order valence-corrected chi connectivity index (χ3v) is 3.17. The van der Waals surface area contributed by atoms with Gasteiger partial charge in [-0.3, -0.25) is 9.59 Å². The van der Waals surface area contributed by atoms with E-state index in [0.717, 1.165) is 0 Å². The topological polar surface area (TPSA) is 78.4 Å². The second-order valence-electron chi connectivity index (χ2n) is 5.02. The van der Waals surface area contributed by atoms with Crippen LogP contribution in [0.15, 0.2) is 18.2 Å². The van der Waals surface area contributed by atoms with Crippen LogP contribution >= 0.6 is 23.2 Å². The zero-order chi connectivity index (χ0) is 16.0. The van der Waals surface area contributed by atoms with Gasteiger partial charge in [0.1, 0.15) is 6.23 Å². The van der Waals surface area contributed by atoms with Crippen LogP contribution in [0.25, 0.3) is 0 Å². The summed E-state index contributed by atoms with van der Waals surface area (Å²) >= 11 is 11.7. The number of hydrogen-bond acceptors (Lipinski definition) is 3. The van der Waals surface area contributed by atoms with E-state index in [0.29, 0.717) is 11.4 Å². The second-order valence-corrected chi connectivity index (χ2v) is 5.86. The second kappa shape index (κ2) is 8.22. The third kappa shape index (κ3) is 6.33. The Kier molecular flexibility index (Phi) is 6.95. The first-order valence-electron chi connectivity index (χ1n) is 6.50. The molecule has 0 saturated carbocycles. The molecule has 0 saturated heterocycles. The number of halogens is 2.